The Kier molecular flexibility index (Phi) is 3.78. The van der Waals surface area contributed by atoms with Crippen molar-refractivity contribution in [1.82, 2.24) is 9.97 Å². The Bertz CT molecular complexity index is 1400. The third kappa shape index (κ3) is 2.61. The van der Waals surface area contributed by atoms with Gasteiger partial charge in [0.1, 0.15) is 0 Å². The highest BCUT2D eigenvalue weighted by Gasteiger charge is 2.32. The van der Waals surface area contributed by atoms with Gasteiger partial charge < -0.3 is 4.74 Å². The highest BCUT2D eigenvalue weighted by molar-refractivity contribution is 6.01. The third-order valence-corrected chi connectivity index (χ3v) is 5.96. The molecule has 150 valence electrons. The topological polar surface area (TPSA) is 38.2 Å². The van der Waals surface area contributed by atoms with Crippen molar-refractivity contribution in [3.05, 3.63) is 89.7 Å². The largest absolute Gasteiger partial charge is 0.448 e. The Morgan fingerprint density at radius 2 is 1.16 bits per heavy atom. The van der Waals surface area contributed by atoms with Gasteiger partial charge in [-0.15, -0.1) is 0 Å². The van der Waals surface area contributed by atoms with Crippen molar-refractivity contribution in [1.29, 1.82) is 0 Å². The summed E-state index contributed by atoms with van der Waals surface area (Å²) in [6.45, 7) is 6.42. The molecule has 6 rings (SSSR count). The molecule has 0 fully saturated rings. The van der Waals surface area contributed by atoms with Gasteiger partial charge in [-0.3, -0.25) is 4.90 Å². The first-order chi connectivity index (χ1) is 15.1. The summed E-state index contributed by atoms with van der Waals surface area (Å²) < 4.78 is 6.59. The number of hydrogen-bond acceptors (Lipinski definition) is 4. The number of ether oxygens (including phenoxy) is 1. The lowest BCUT2D eigenvalue weighted by Gasteiger charge is -2.33. The minimum absolute atomic E-state index is 0.767. The van der Waals surface area contributed by atoms with E-state index in [1.54, 1.807) is 0 Å². The average Bonchev–Trinajstić information content (AvgIpc) is 2.77. The molecule has 4 nitrogen and oxygen atoms in total. The van der Waals surface area contributed by atoms with Gasteiger partial charge in [-0.2, -0.15) is 0 Å². The Morgan fingerprint density at radius 1 is 0.677 bits per heavy atom. The summed E-state index contributed by atoms with van der Waals surface area (Å²) in [6, 6.07) is 20.8. The fourth-order valence-corrected chi connectivity index (χ4v) is 4.71. The standard InChI is InChI=1S/C27H21N3O/c1-16-12-17(2)23(18(3)13-16)30-26-24(21-10-6-4-8-19(21)14-28-26)31-25-22-11-7-5-9-20(22)15-29-27(25)30/h4-15H,1-3H3. The molecule has 31 heavy (non-hydrogen) atoms. The fraction of sp³-hybridized carbons (Fsp3) is 0.111. The van der Waals surface area contributed by atoms with E-state index in [0.717, 1.165) is 50.4 Å². The Balaban J connectivity index is 1.74. The van der Waals surface area contributed by atoms with E-state index in [1.807, 2.05) is 36.7 Å². The molecule has 4 heteroatoms. The van der Waals surface area contributed by atoms with E-state index in [0.29, 0.717) is 0 Å². The van der Waals surface area contributed by atoms with Crippen LogP contribution in [0.5, 0.6) is 11.5 Å². The molecule has 0 saturated heterocycles. The minimum atomic E-state index is 0.767. The summed E-state index contributed by atoms with van der Waals surface area (Å²) in [5.41, 5.74) is 4.70. The molecular formula is C27H21N3O. The monoisotopic (exact) mass is 403 g/mol. The molecule has 0 unspecified atom stereocenters. The lowest BCUT2D eigenvalue weighted by atomic mass is 10.0. The van der Waals surface area contributed by atoms with Crippen molar-refractivity contribution in [2.24, 2.45) is 0 Å². The normalized spacial score (nSPS) is 12.5. The fourth-order valence-electron chi connectivity index (χ4n) is 4.71. The van der Waals surface area contributed by atoms with Gasteiger partial charge in [0, 0.05) is 33.9 Å². The van der Waals surface area contributed by atoms with Gasteiger partial charge in [0.25, 0.3) is 0 Å². The number of hydrogen-bond donors (Lipinski definition) is 0. The van der Waals surface area contributed by atoms with Crippen LogP contribution >= 0.6 is 0 Å². The number of rotatable bonds is 1. The summed E-state index contributed by atoms with van der Waals surface area (Å²) >= 11 is 0. The molecule has 0 aliphatic carbocycles. The van der Waals surface area contributed by atoms with Crippen LogP contribution in [0.4, 0.5) is 17.3 Å². The molecule has 2 aromatic heterocycles. The van der Waals surface area contributed by atoms with E-state index in [4.69, 9.17) is 14.7 Å². The maximum absolute atomic E-state index is 6.59. The lowest BCUT2D eigenvalue weighted by Crippen LogP contribution is -2.20. The smallest absolute Gasteiger partial charge is 0.183 e. The van der Waals surface area contributed by atoms with Crippen LogP contribution in [0.3, 0.4) is 0 Å². The first kappa shape index (κ1) is 17.9. The highest BCUT2D eigenvalue weighted by atomic mass is 16.5. The molecule has 5 aromatic rings. The predicted molar refractivity (Wildman–Crippen MR) is 126 cm³/mol. The van der Waals surface area contributed by atoms with Crippen LogP contribution in [0.25, 0.3) is 21.5 Å². The van der Waals surface area contributed by atoms with E-state index >= 15 is 0 Å². The van der Waals surface area contributed by atoms with Crippen molar-refractivity contribution in [2.75, 3.05) is 4.90 Å². The van der Waals surface area contributed by atoms with Crippen molar-refractivity contribution in [3.63, 3.8) is 0 Å². The quantitative estimate of drug-likeness (QED) is 0.289. The van der Waals surface area contributed by atoms with E-state index < -0.39 is 0 Å². The van der Waals surface area contributed by atoms with Crippen LogP contribution in [0.1, 0.15) is 16.7 Å². The van der Waals surface area contributed by atoms with Gasteiger partial charge in [-0.25, -0.2) is 9.97 Å². The zero-order chi connectivity index (χ0) is 21.1. The van der Waals surface area contributed by atoms with Crippen molar-refractivity contribution < 1.29 is 4.74 Å². The minimum Gasteiger partial charge on any atom is -0.448 e. The second kappa shape index (κ2) is 6.54. The Labute approximate surface area is 180 Å². The van der Waals surface area contributed by atoms with E-state index in [9.17, 15) is 0 Å². The summed E-state index contributed by atoms with van der Waals surface area (Å²) in [4.78, 5) is 11.9. The first-order valence-corrected chi connectivity index (χ1v) is 10.4. The van der Waals surface area contributed by atoms with Crippen LogP contribution in [0, 0.1) is 20.8 Å². The number of fused-ring (bicyclic) bond motifs is 6. The maximum atomic E-state index is 6.59. The van der Waals surface area contributed by atoms with Gasteiger partial charge in [0.05, 0.1) is 5.69 Å². The molecule has 1 aliphatic heterocycles. The number of pyridine rings is 2. The second-order valence-corrected chi connectivity index (χ2v) is 8.18. The van der Waals surface area contributed by atoms with E-state index in [2.05, 4.69) is 62.1 Å². The molecule has 1 aliphatic rings. The van der Waals surface area contributed by atoms with Crippen LogP contribution in [0.15, 0.2) is 73.1 Å². The van der Waals surface area contributed by atoms with Crippen LogP contribution in [0.2, 0.25) is 0 Å². The molecule has 0 saturated carbocycles. The molecule has 0 atom stereocenters. The van der Waals surface area contributed by atoms with Gasteiger partial charge in [0.15, 0.2) is 23.1 Å². The number of benzene rings is 3. The molecular weight excluding hydrogens is 382 g/mol. The van der Waals surface area contributed by atoms with Crippen molar-refractivity contribution in [3.8, 4) is 11.5 Å². The van der Waals surface area contributed by atoms with Gasteiger partial charge in [-0.05, 0) is 31.9 Å². The molecule has 0 amide bonds. The van der Waals surface area contributed by atoms with E-state index in [1.165, 1.54) is 16.7 Å². The number of aryl methyl sites for hydroxylation is 3. The van der Waals surface area contributed by atoms with Crippen LogP contribution < -0.4 is 9.64 Å². The zero-order valence-electron chi connectivity index (χ0n) is 17.7. The highest BCUT2D eigenvalue weighted by Crippen LogP contribution is 2.53. The van der Waals surface area contributed by atoms with Gasteiger partial charge >= 0.3 is 0 Å². The van der Waals surface area contributed by atoms with Gasteiger partial charge in [0.2, 0.25) is 0 Å². The third-order valence-electron chi connectivity index (χ3n) is 5.96. The van der Waals surface area contributed by atoms with Crippen LogP contribution in [-0.2, 0) is 0 Å². The van der Waals surface area contributed by atoms with Crippen LogP contribution in [-0.4, -0.2) is 9.97 Å². The molecule has 0 radical (unpaired) electrons. The SMILES string of the molecule is Cc1cc(C)c(N2c3ncc4ccccc4c3Oc3c2ncc2ccccc32)c(C)c1. The summed E-state index contributed by atoms with van der Waals surface area (Å²) in [7, 11) is 0. The molecule has 0 N–H and O–H groups in total. The second-order valence-electron chi connectivity index (χ2n) is 8.18. The predicted octanol–water partition coefficient (Wildman–Crippen LogP) is 7.28. The first-order valence-electron chi connectivity index (χ1n) is 10.4. The summed E-state index contributed by atoms with van der Waals surface area (Å²) in [5, 5.41) is 4.18. The number of nitrogens with zero attached hydrogens (tertiary/aromatic N) is 3. The Hall–Kier alpha value is -3.92. The molecule has 3 heterocycles. The van der Waals surface area contributed by atoms with Crippen molar-refractivity contribution in [2.45, 2.75) is 20.8 Å². The van der Waals surface area contributed by atoms with E-state index in [-0.39, 0.29) is 0 Å². The molecule has 0 bridgehead atoms. The maximum Gasteiger partial charge on any atom is 0.183 e. The lowest BCUT2D eigenvalue weighted by molar-refractivity contribution is 0.483. The molecule has 3 aromatic carbocycles. The van der Waals surface area contributed by atoms with Gasteiger partial charge in [-0.1, -0.05) is 66.2 Å². The summed E-state index contributed by atoms with van der Waals surface area (Å²) in [5.74, 6) is 3.07. The zero-order valence-corrected chi connectivity index (χ0v) is 17.7. The molecule has 0 spiro atoms. The Morgan fingerprint density at radius 3 is 1.68 bits per heavy atom. The summed E-state index contributed by atoms with van der Waals surface area (Å²) in [6.07, 6.45) is 3.82. The van der Waals surface area contributed by atoms with Crippen molar-refractivity contribution >= 4 is 38.9 Å². The average molecular weight is 403 g/mol. The number of aromatic nitrogens is 2. The number of anilines is 3.